The normalized spacial score (nSPS) is 18.0. The van der Waals surface area contributed by atoms with Gasteiger partial charge in [-0.15, -0.1) is 11.3 Å². The van der Waals surface area contributed by atoms with Gasteiger partial charge in [0, 0.05) is 29.8 Å². The molecular weight excluding hydrogens is 318 g/mol. The van der Waals surface area contributed by atoms with Gasteiger partial charge in [-0.25, -0.2) is 4.98 Å². The Bertz CT molecular complexity index is 732. The molecule has 1 aliphatic heterocycles. The van der Waals surface area contributed by atoms with Crippen LogP contribution < -0.4 is 4.90 Å². The Balaban J connectivity index is 1.91. The third-order valence-corrected chi connectivity index (χ3v) is 4.58. The smallest absolute Gasteiger partial charge is 0.293 e. The van der Waals surface area contributed by atoms with Crippen molar-refractivity contribution in [2.24, 2.45) is 0 Å². The lowest BCUT2D eigenvalue weighted by atomic mass is 10.1. The lowest BCUT2D eigenvalue weighted by molar-refractivity contribution is -0.384. The van der Waals surface area contributed by atoms with Gasteiger partial charge < -0.3 is 9.64 Å². The van der Waals surface area contributed by atoms with Crippen LogP contribution in [0.15, 0.2) is 29.8 Å². The molecule has 0 amide bonds. The molecule has 0 aliphatic carbocycles. The summed E-state index contributed by atoms with van der Waals surface area (Å²) in [7, 11) is 0. The molecule has 1 saturated heterocycles. The minimum atomic E-state index is -0.449. The van der Waals surface area contributed by atoms with Crippen LogP contribution in [0.3, 0.4) is 0 Å². The van der Waals surface area contributed by atoms with E-state index < -0.39 is 4.92 Å². The Morgan fingerprint density at radius 2 is 2.35 bits per heavy atom. The summed E-state index contributed by atoms with van der Waals surface area (Å²) in [5.74, 6) is -0.192. The highest BCUT2D eigenvalue weighted by atomic mass is 32.1. The monoisotopic (exact) mass is 333 g/mol. The van der Waals surface area contributed by atoms with Crippen molar-refractivity contribution in [3.8, 4) is 0 Å². The van der Waals surface area contributed by atoms with Crippen LogP contribution in [0.4, 0.5) is 11.4 Å². The molecule has 1 unspecified atom stereocenters. The van der Waals surface area contributed by atoms with Gasteiger partial charge in [0.1, 0.15) is 16.8 Å². The fraction of sp³-hybridized carbons (Fsp3) is 0.333. The van der Waals surface area contributed by atoms with Gasteiger partial charge in [-0.1, -0.05) is 0 Å². The van der Waals surface area contributed by atoms with Crippen molar-refractivity contribution < 1.29 is 14.5 Å². The maximum atomic E-state index is 11.5. The van der Waals surface area contributed by atoms with E-state index in [4.69, 9.17) is 4.74 Å². The fourth-order valence-corrected chi connectivity index (χ4v) is 3.24. The molecule has 0 saturated carbocycles. The number of carbonyl (C=O) groups is 1. The quantitative estimate of drug-likeness (QED) is 0.486. The van der Waals surface area contributed by atoms with Gasteiger partial charge in [-0.2, -0.15) is 0 Å². The first kappa shape index (κ1) is 15.6. The van der Waals surface area contributed by atoms with Crippen molar-refractivity contribution in [1.29, 1.82) is 0 Å². The molecular formula is C15H15N3O4S. The van der Waals surface area contributed by atoms with E-state index in [1.165, 1.54) is 24.3 Å². The molecule has 2 heterocycles. The zero-order valence-electron chi connectivity index (χ0n) is 12.5. The second-order valence-electron chi connectivity index (χ2n) is 5.19. The average molecular weight is 333 g/mol. The molecule has 1 aromatic heterocycles. The number of thiazole rings is 1. The highest BCUT2D eigenvalue weighted by Crippen LogP contribution is 2.33. The van der Waals surface area contributed by atoms with Gasteiger partial charge >= 0.3 is 0 Å². The molecule has 1 atom stereocenters. The predicted octanol–water partition coefficient (Wildman–Crippen LogP) is 2.83. The van der Waals surface area contributed by atoms with Crippen LogP contribution in [0.5, 0.6) is 0 Å². The van der Waals surface area contributed by atoms with Gasteiger partial charge in [0.2, 0.25) is 0 Å². The SMILES string of the molecule is CC(=O)c1ccc(N2CCOC(c3nccs3)C2)c([N+](=O)[O-])c1. The third-order valence-electron chi connectivity index (χ3n) is 3.71. The van der Waals surface area contributed by atoms with Crippen molar-refractivity contribution in [1.82, 2.24) is 4.98 Å². The van der Waals surface area contributed by atoms with Gasteiger partial charge in [-0.05, 0) is 19.1 Å². The van der Waals surface area contributed by atoms with E-state index in [1.807, 2.05) is 10.3 Å². The van der Waals surface area contributed by atoms with E-state index in [0.29, 0.717) is 30.9 Å². The zero-order chi connectivity index (χ0) is 16.4. The molecule has 120 valence electrons. The average Bonchev–Trinajstić information content (AvgIpc) is 3.09. The van der Waals surface area contributed by atoms with E-state index in [1.54, 1.807) is 18.3 Å². The number of hydrogen-bond donors (Lipinski definition) is 0. The van der Waals surface area contributed by atoms with E-state index in [-0.39, 0.29) is 17.6 Å². The Morgan fingerprint density at radius 3 is 3.00 bits per heavy atom. The number of nitrogens with zero attached hydrogens (tertiary/aromatic N) is 3. The lowest BCUT2D eigenvalue weighted by Gasteiger charge is -2.33. The number of Topliss-reactive ketones (excluding diaryl/α,β-unsaturated/α-hetero) is 1. The molecule has 1 fully saturated rings. The Morgan fingerprint density at radius 1 is 1.52 bits per heavy atom. The van der Waals surface area contributed by atoms with E-state index in [2.05, 4.69) is 4.98 Å². The topological polar surface area (TPSA) is 85.6 Å². The number of aromatic nitrogens is 1. The minimum absolute atomic E-state index is 0.0579. The van der Waals surface area contributed by atoms with Crippen LogP contribution in [0, 0.1) is 10.1 Å². The summed E-state index contributed by atoms with van der Waals surface area (Å²) in [4.78, 5) is 28.5. The maximum Gasteiger partial charge on any atom is 0.293 e. The Kier molecular flexibility index (Phi) is 4.35. The number of ether oxygens (including phenoxy) is 1. The van der Waals surface area contributed by atoms with Crippen LogP contribution >= 0.6 is 11.3 Å². The number of nitro benzene ring substituents is 1. The molecule has 1 aliphatic rings. The molecule has 0 bridgehead atoms. The second kappa shape index (κ2) is 6.43. The van der Waals surface area contributed by atoms with Crippen molar-refractivity contribution in [2.75, 3.05) is 24.6 Å². The number of anilines is 1. The number of hydrogen-bond acceptors (Lipinski definition) is 7. The fourth-order valence-electron chi connectivity index (χ4n) is 2.57. The molecule has 0 radical (unpaired) electrons. The number of carbonyl (C=O) groups excluding carboxylic acids is 1. The summed E-state index contributed by atoms with van der Waals surface area (Å²) in [5, 5.41) is 14.1. The number of nitro groups is 1. The molecule has 2 aromatic rings. The summed E-state index contributed by atoms with van der Waals surface area (Å²) in [5.41, 5.74) is 0.785. The number of rotatable bonds is 4. The zero-order valence-corrected chi connectivity index (χ0v) is 13.3. The standard InChI is InChI=1S/C15H15N3O4S/c1-10(19)11-2-3-12(13(8-11)18(20)21)17-5-6-22-14(9-17)15-16-4-7-23-15/h2-4,7-8,14H,5-6,9H2,1H3. The van der Waals surface area contributed by atoms with Crippen LogP contribution in [0.1, 0.15) is 28.4 Å². The molecule has 0 spiro atoms. The minimum Gasteiger partial charge on any atom is -0.367 e. The summed E-state index contributed by atoms with van der Waals surface area (Å²) >= 11 is 1.50. The molecule has 1 aromatic carbocycles. The number of benzene rings is 1. The van der Waals surface area contributed by atoms with E-state index in [9.17, 15) is 14.9 Å². The second-order valence-corrected chi connectivity index (χ2v) is 6.12. The predicted molar refractivity (Wildman–Crippen MR) is 86.1 cm³/mol. The summed E-state index contributed by atoms with van der Waals surface area (Å²) < 4.78 is 5.72. The third kappa shape index (κ3) is 3.22. The van der Waals surface area contributed by atoms with E-state index in [0.717, 1.165) is 5.01 Å². The first-order chi connectivity index (χ1) is 11.1. The van der Waals surface area contributed by atoms with Crippen LogP contribution in [-0.4, -0.2) is 35.4 Å². The van der Waals surface area contributed by atoms with Crippen molar-refractivity contribution in [3.63, 3.8) is 0 Å². The Hall–Kier alpha value is -2.32. The molecule has 3 rings (SSSR count). The molecule has 7 nitrogen and oxygen atoms in total. The van der Waals surface area contributed by atoms with Crippen LogP contribution in [-0.2, 0) is 4.74 Å². The van der Waals surface area contributed by atoms with Gasteiger partial charge in [0.25, 0.3) is 5.69 Å². The summed E-state index contributed by atoms with van der Waals surface area (Å²) in [6.45, 7) is 2.91. The number of ketones is 1. The van der Waals surface area contributed by atoms with Gasteiger partial charge in [0.05, 0.1) is 18.1 Å². The first-order valence-electron chi connectivity index (χ1n) is 7.11. The molecule has 0 N–H and O–H groups in total. The van der Waals surface area contributed by atoms with E-state index >= 15 is 0 Å². The van der Waals surface area contributed by atoms with Gasteiger partial charge in [-0.3, -0.25) is 14.9 Å². The highest BCUT2D eigenvalue weighted by molar-refractivity contribution is 7.09. The lowest BCUT2D eigenvalue weighted by Crippen LogP contribution is -2.38. The van der Waals surface area contributed by atoms with Crippen molar-refractivity contribution in [2.45, 2.75) is 13.0 Å². The first-order valence-corrected chi connectivity index (χ1v) is 7.99. The van der Waals surface area contributed by atoms with Gasteiger partial charge in [0.15, 0.2) is 5.78 Å². The Labute approximate surface area is 136 Å². The highest BCUT2D eigenvalue weighted by Gasteiger charge is 2.28. The van der Waals surface area contributed by atoms with Crippen LogP contribution in [0.2, 0.25) is 0 Å². The van der Waals surface area contributed by atoms with Crippen LogP contribution in [0.25, 0.3) is 0 Å². The maximum absolute atomic E-state index is 11.5. The van der Waals surface area contributed by atoms with Crippen molar-refractivity contribution >= 4 is 28.5 Å². The largest absolute Gasteiger partial charge is 0.367 e. The number of morpholine rings is 1. The summed E-state index contributed by atoms with van der Waals surface area (Å²) in [6, 6.07) is 4.60. The van der Waals surface area contributed by atoms with Crippen molar-refractivity contribution in [3.05, 3.63) is 50.5 Å². The molecule has 8 heteroatoms. The summed E-state index contributed by atoms with van der Waals surface area (Å²) in [6.07, 6.45) is 1.52. The molecule has 23 heavy (non-hydrogen) atoms.